The third-order valence-corrected chi connectivity index (χ3v) is 4.47. The van der Waals surface area contributed by atoms with Crippen molar-refractivity contribution in [2.24, 2.45) is 0 Å². The Balaban J connectivity index is 2.16. The number of aromatic nitrogens is 1. The van der Waals surface area contributed by atoms with Crippen LogP contribution in [0.25, 0.3) is 10.8 Å². The van der Waals surface area contributed by atoms with Crippen LogP contribution in [0, 0.1) is 0 Å². The highest BCUT2D eigenvalue weighted by atomic mass is 35.5. The number of halogens is 1. The van der Waals surface area contributed by atoms with Crippen LogP contribution in [0.4, 0.5) is 0 Å². The first kappa shape index (κ1) is 12.6. The molecule has 0 aliphatic heterocycles. The number of benzene rings is 1. The van der Waals surface area contributed by atoms with Gasteiger partial charge in [-0.25, -0.2) is 0 Å². The third-order valence-electron chi connectivity index (χ3n) is 3.18. The van der Waals surface area contributed by atoms with Gasteiger partial charge in [0.15, 0.2) is 0 Å². The fraction of sp³-hybridized carbons (Fsp3) is 0.133. The molecular formula is C15H13ClN2S. The number of hydrogen-bond acceptors (Lipinski definition) is 3. The number of hydrogen-bond donors (Lipinski definition) is 1. The molecule has 19 heavy (non-hydrogen) atoms. The van der Waals surface area contributed by atoms with Crippen molar-refractivity contribution in [3.8, 4) is 0 Å². The molecule has 0 amide bonds. The van der Waals surface area contributed by atoms with Crippen molar-refractivity contribution in [3.63, 3.8) is 0 Å². The van der Waals surface area contributed by atoms with E-state index in [1.165, 1.54) is 15.8 Å². The van der Waals surface area contributed by atoms with Crippen LogP contribution in [0.2, 0.25) is 4.34 Å². The fourth-order valence-electron chi connectivity index (χ4n) is 2.30. The van der Waals surface area contributed by atoms with Gasteiger partial charge in [0.2, 0.25) is 0 Å². The number of thiophene rings is 1. The summed E-state index contributed by atoms with van der Waals surface area (Å²) >= 11 is 7.64. The van der Waals surface area contributed by atoms with Crippen LogP contribution in [0.5, 0.6) is 0 Å². The first-order valence-electron chi connectivity index (χ1n) is 6.05. The van der Waals surface area contributed by atoms with E-state index in [4.69, 9.17) is 11.6 Å². The number of rotatable bonds is 3. The summed E-state index contributed by atoms with van der Waals surface area (Å²) in [7, 11) is 1.96. The Morgan fingerprint density at radius 3 is 2.74 bits per heavy atom. The van der Waals surface area contributed by atoms with Crippen LogP contribution >= 0.6 is 22.9 Å². The lowest BCUT2D eigenvalue weighted by Gasteiger charge is -2.16. The van der Waals surface area contributed by atoms with Gasteiger partial charge in [-0.05, 0) is 24.6 Å². The Morgan fingerprint density at radius 1 is 1.16 bits per heavy atom. The second-order valence-electron chi connectivity index (χ2n) is 4.31. The summed E-state index contributed by atoms with van der Waals surface area (Å²) < 4.78 is 0.809. The molecule has 1 atom stereocenters. The van der Waals surface area contributed by atoms with E-state index in [1.54, 1.807) is 11.3 Å². The molecule has 0 radical (unpaired) electrons. The Morgan fingerprint density at radius 2 is 2.00 bits per heavy atom. The molecule has 0 saturated carbocycles. The number of nitrogens with zero attached hydrogens (tertiary/aromatic N) is 1. The SMILES string of the molecule is CNC(c1ccc(Cl)s1)c1cncc2ccccc12. The molecule has 3 rings (SSSR count). The smallest absolute Gasteiger partial charge is 0.0931 e. The van der Waals surface area contributed by atoms with Gasteiger partial charge in [-0.15, -0.1) is 11.3 Å². The first-order valence-corrected chi connectivity index (χ1v) is 7.24. The monoisotopic (exact) mass is 288 g/mol. The molecule has 0 fully saturated rings. The van der Waals surface area contributed by atoms with Gasteiger partial charge in [0.25, 0.3) is 0 Å². The standard InChI is InChI=1S/C15H13ClN2S/c1-17-15(13-6-7-14(16)19-13)12-9-18-8-10-4-2-3-5-11(10)12/h2-9,15,17H,1H3. The van der Waals surface area contributed by atoms with Crippen LogP contribution in [-0.4, -0.2) is 12.0 Å². The normalized spacial score (nSPS) is 12.7. The molecule has 1 N–H and O–H groups in total. The zero-order chi connectivity index (χ0) is 13.2. The Bertz CT molecular complexity index is 703. The van der Waals surface area contributed by atoms with Gasteiger partial charge >= 0.3 is 0 Å². The first-order chi connectivity index (χ1) is 9.29. The molecule has 0 aliphatic carbocycles. The maximum absolute atomic E-state index is 6.04. The van der Waals surface area contributed by atoms with Gasteiger partial charge in [-0.1, -0.05) is 35.9 Å². The molecule has 0 bridgehead atoms. The average molecular weight is 289 g/mol. The zero-order valence-electron chi connectivity index (χ0n) is 10.4. The molecule has 0 saturated heterocycles. The van der Waals surface area contributed by atoms with Crippen molar-refractivity contribution in [3.05, 3.63) is 63.6 Å². The zero-order valence-corrected chi connectivity index (χ0v) is 12.0. The van der Waals surface area contributed by atoms with Crippen molar-refractivity contribution in [2.75, 3.05) is 7.05 Å². The lowest BCUT2D eigenvalue weighted by molar-refractivity contribution is 0.706. The molecular weight excluding hydrogens is 276 g/mol. The summed E-state index contributed by atoms with van der Waals surface area (Å²) in [4.78, 5) is 5.55. The quantitative estimate of drug-likeness (QED) is 0.779. The maximum Gasteiger partial charge on any atom is 0.0931 e. The topological polar surface area (TPSA) is 24.9 Å². The van der Waals surface area contributed by atoms with Gasteiger partial charge in [-0.3, -0.25) is 4.98 Å². The van der Waals surface area contributed by atoms with E-state index in [9.17, 15) is 0 Å². The molecule has 2 heterocycles. The highest BCUT2D eigenvalue weighted by molar-refractivity contribution is 7.16. The minimum Gasteiger partial charge on any atom is -0.309 e. The molecule has 1 aromatic carbocycles. The number of nitrogens with one attached hydrogen (secondary N) is 1. The fourth-order valence-corrected chi connectivity index (χ4v) is 3.49. The number of pyridine rings is 1. The van der Waals surface area contributed by atoms with E-state index in [1.807, 2.05) is 31.6 Å². The van der Waals surface area contributed by atoms with Gasteiger partial charge in [0, 0.05) is 28.2 Å². The minimum atomic E-state index is 0.121. The molecule has 0 spiro atoms. The van der Waals surface area contributed by atoms with E-state index < -0.39 is 0 Å². The second kappa shape index (κ2) is 5.29. The summed E-state index contributed by atoms with van der Waals surface area (Å²) in [6, 6.07) is 12.4. The van der Waals surface area contributed by atoms with E-state index in [0.29, 0.717) is 0 Å². The van der Waals surface area contributed by atoms with E-state index in [-0.39, 0.29) is 6.04 Å². The molecule has 0 aliphatic rings. The Kier molecular flexibility index (Phi) is 3.51. The maximum atomic E-state index is 6.04. The predicted octanol–water partition coefficient (Wildman–Crippen LogP) is 4.26. The van der Waals surface area contributed by atoms with Crippen LogP contribution in [0.15, 0.2) is 48.8 Å². The summed E-state index contributed by atoms with van der Waals surface area (Å²) in [6.07, 6.45) is 3.82. The van der Waals surface area contributed by atoms with Crippen molar-refractivity contribution in [2.45, 2.75) is 6.04 Å². The third kappa shape index (κ3) is 2.37. The molecule has 4 heteroatoms. The van der Waals surface area contributed by atoms with Crippen LogP contribution in [0.1, 0.15) is 16.5 Å². The molecule has 2 aromatic heterocycles. The molecule has 3 aromatic rings. The van der Waals surface area contributed by atoms with Crippen molar-refractivity contribution >= 4 is 33.7 Å². The van der Waals surface area contributed by atoms with Crippen LogP contribution in [-0.2, 0) is 0 Å². The largest absolute Gasteiger partial charge is 0.309 e. The Labute approximate surface area is 121 Å². The molecule has 2 nitrogen and oxygen atoms in total. The van der Waals surface area contributed by atoms with Gasteiger partial charge < -0.3 is 5.32 Å². The summed E-state index contributed by atoms with van der Waals surface area (Å²) in [6.45, 7) is 0. The van der Waals surface area contributed by atoms with Gasteiger partial charge in [0.1, 0.15) is 0 Å². The highest BCUT2D eigenvalue weighted by Gasteiger charge is 2.16. The van der Waals surface area contributed by atoms with E-state index >= 15 is 0 Å². The Hall–Kier alpha value is -1.42. The molecule has 1 unspecified atom stereocenters. The van der Waals surface area contributed by atoms with Crippen molar-refractivity contribution in [1.82, 2.24) is 10.3 Å². The van der Waals surface area contributed by atoms with Crippen molar-refractivity contribution < 1.29 is 0 Å². The van der Waals surface area contributed by atoms with Gasteiger partial charge in [0.05, 0.1) is 10.4 Å². The summed E-state index contributed by atoms with van der Waals surface area (Å²) in [5, 5.41) is 5.73. The minimum absolute atomic E-state index is 0.121. The lowest BCUT2D eigenvalue weighted by atomic mass is 10.0. The number of fused-ring (bicyclic) bond motifs is 1. The van der Waals surface area contributed by atoms with E-state index in [0.717, 1.165) is 9.72 Å². The summed E-state index contributed by atoms with van der Waals surface area (Å²) in [5.74, 6) is 0. The van der Waals surface area contributed by atoms with Crippen LogP contribution < -0.4 is 5.32 Å². The highest BCUT2D eigenvalue weighted by Crippen LogP contribution is 2.33. The van der Waals surface area contributed by atoms with Gasteiger partial charge in [-0.2, -0.15) is 0 Å². The summed E-state index contributed by atoms with van der Waals surface area (Å²) in [5.41, 5.74) is 1.18. The lowest BCUT2D eigenvalue weighted by Crippen LogP contribution is -2.17. The van der Waals surface area contributed by atoms with Crippen molar-refractivity contribution in [1.29, 1.82) is 0 Å². The second-order valence-corrected chi connectivity index (χ2v) is 6.06. The average Bonchev–Trinajstić information content (AvgIpc) is 2.86. The predicted molar refractivity (Wildman–Crippen MR) is 82.0 cm³/mol. The molecule has 96 valence electrons. The van der Waals surface area contributed by atoms with E-state index in [2.05, 4.69) is 34.6 Å². The van der Waals surface area contributed by atoms with Crippen LogP contribution in [0.3, 0.4) is 0 Å².